The average molecular weight is 158 g/mol. The van der Waals surface area contributed by atoms with E-state index in [-0.39, 0.29) is 29.8 Å². The van der Waals surface area contributed by atoms with E-state index in [2.05, 4.69) is 0 Å². The molecule has 0 unspecified atom stereocenters. The quantitative estimate of drug-likeness (QED) is 0.281. The van der Waals surface area contributed by atoms with Crippen molar-refractivity contribution < 1.29 is 31.7 Å². The van der Waals surface area contributed by atoms with Crippen molar-refractivity contribution >= 4 is 25.2 Å². The van der Waals surface area contributed by atoms with E-state index in [0.29, 0.717) is 0 Å². The van der Waals surface area contributed by atoms with Gasteiger partial charge in [-0.25, -0.2) is 0 Å². The fraction of sp³-hybridized carbons (Fsp3) is 0. The molecule has 0 saturated heterocycles. The van der Waals surface area contributed by atoms with Gasteiger partial charge in [-0.2, -0.15) is 0 Å². The molecule has 0 aromatic carbocycles. The predicted octanol–water partition coefficient (Wildman–Crippen LogP) is -5.57. The van der Waals surface area contributed by atoms with Gasteiger partial charge in [0.1, 0.15) is 0 Å². The second-order valence-corrected chi connectivity index (χ2v) is 1.41. The molecule has 4 nitrogen and oxygen atoms in total. The van der Waals surface area contributed by atoms with E-state index in [1.165, 1.54) is 0 Å². The summed E-state index contributed by atoms with van der Waals surface area (Å²) < 4.78 is 8.66. The van der Waals surface area contributed by atoms with Crippen LogP contribution in [0.15, 0.2) is 0 Å². The first-order chi connectivity index (χ1) is 2.00. The highest BCUT2D eigenvalue weighted by atomic mass is 35.5. The molecule has 1 N–H and O–H groups in total. The van der Waals surface area contributed by atoms with Gasteiger partial charge in [0.05, 0.1) is 7.82 Å². The summed E-state index contributed by atoms with van der Waals surface area (Å²) in [4.78, 5) is 24.3. The zero-order valence-electron chi connectivity index (χ0n) is 3.07. The molecular weight excluding hydrogens is 157 g/mol. The largest absolute Gasteiger partial charge is 1.00 e. The molecule has 0 heterocycles. The van der Waals surface area contributed by atoms with Crippen LogP contribution in [0, 0.1) is 0 Å². The average Bonchev–Trinajstić information content (AvgIpc) is 0.722. The van der Waals surface area contributed by atoms with Gasteiger partial charge < -0.3 is 31.7 Å². The number of hydrogen-bond donors (Lipinski definition) is 1. The fourth-order valence-electron chi connectivity index (χ4n) is 0. The number of phosphoric acid groups is 1. The third-order valence-electron chi connectivity index (χ3n) is 0. The summed E-state index contributed by atoms with van der Waals surface area (Å²) in [6.45, 7) is 0. The second kappa shape index (κ2) is 5.08. The normalized spacial score (nSPS) is 8.43. The van der Waals surface area contributed by atoms with Crippen LogP contribution in [0.2, 0.25) is 0 Å². The van der Waals surface area contributed by atoms with E-state index in [0.717, 1.165) is 0 Å². The molecule has 0 rings (SSSR count). The molecule has 0 saturated carbocycles. The summed E-state index contributed by atoms with van der Waals surface area (Å²) in [7, 11) is -5.14. The third kappa shape index (κ3) is 194. The van der Waals surface area contributed by atoms with Crippen LogP contribution in [0.25, 0.3) is 0 Å². The highest BCUT2D eigenvalue weighted by molar-refractivity contribution is 7.42. The molecule has 0 amide bonds. The second-order valence-electron chi connectivity index (χ2n) is 0.469. The van der Waals surface area contributed by atoms with Gasteiger partial charge in [-0.05, 0) is 0 Å². The molecule has 0 aromatic heterocycles. The van der Waals surface area contributed by atoms with Gasteiger partial charge in [-0.1, -0.05) is 0 Å². The summed E-state index contributed by atoms with van der Waals surface area (Å²) in [6.07, 6.45) is 0. The number of hydrogen-bond acceptors (Lipinski definition) is 3. The van der Waals surface area contributed by atoms with Gasteiger partial charge in [-0.15, -0.1) is 0 Å². The Bertz CT molecular complexity index is 57.8. The van der Waals surface area contributed by atoms with E-state index in [4.69, 9.17) is 19.2 Å². The van der Waals surface area contributed by atoms with Crippen LogP contribution < -0.4 is 22.2 Å². The van der Waals surface area contributed by atoms with Crippen molar-refractivity contribution in [1.82, 2.24) is 0 Å². The standard InChI is InChI=1S/Al.ClH.H3O4P/c;;1-5(2,3)4/h;1H;(H3,1,2,3,4)/p-3. The van der Waals surface area contributed by atoms with Gasteiger partial charge in [0, 0.05) is 17.4 Å². The lowest BCUT2D eigenvalue weighted by atomic mass is 15.8. The van der Waals surface area contributed by atoms with Gasteiger partial charge in [0.15, 0.2) is 0 Å². The SMILES string of the molecule is O=P([O-])([O-])O.[Al].[Cl-]. The van der Waals surface area contributed by atoms with Crippen molar-refractivity contribution in [3.05, 3.63) is 0 Å². The fourth-order valence-corrected chi connectivity index (χ4v) is 0. The molecule has 7 heteroatoms. The molecule has 0 bridgehead atoms. The summed E-state index contributed by atoms with van der Waals surface area (Å²) in [5.74, 6) is 0. The van der Waals surface area contributed by atoms with Gasteiger partial charge in [0.2, 0.25) is 0 Å². The Morgan fingerprint density at radius 2 is 1.43 bits per heavy atom. The molecule has 0 spiro atoms. The van der Waals surface area contributed by atoms with E-state index in [1.807, 2.05) is 0 Å². The zero-order valence-corrected chi connectivity index (χ0v) is 5.88. The highest BCUT2D eigenvalue weighted by Gasteiger charge is 1.64. The van der Waals surface area contributed by atoms with Gasteiger partial charge >= 0.3 is 0 Å². The Morgan fingerprint density at radius 3 is 1.43 bits per heavy atom. The van der Waals surface area contributed by atoms with Crippen molar-refractivity contribution in [2.45, 2.75) is 0 Å². The van der Waals surface area contributed by atoms with Crippen molar-refractivity contribution in [2.75, 3.05) is 0 Å². The summed E-state index contributed by atoms with van der Waals surface area (Å²) in [5.41, 5.74) is 0. The van der Waals surface area contributed by atoms with Crippen LogP contribution in [0.5, 0.6) is 0 Å². The molecule has 43 valence electrons. The monoisotopic (exact) mass is 158 g/mol. The minimum atomic E-state index is -5.14. The number of halogens is 1. The maximum absolute atomic E-state index is 8.66. The Kier molecular flexibility index (Phi) is 11.4. The maximum Gasteiger partial charge on any atom is 0.0557 e. The van der Waals surface area contributed by atoms with Crippen LogP contribution in [0.4, 0.5) is 0 Å². The zero-order chi connectivity index (χ0) is 4.50. The minimum absolute atomic E-state index is 0. The summed E-state index contributed by atoms with van der Waals surface area (Å²) in [5, 5.41) is 0. The van der Waals surface area contributed by atoms with Crippen LogP contribution in [0.1, 0.15) is 0 Å². The number of rotatable bonds is 0. The third-order valence-corrected chi connectivity index (χ3v) is 0. The smallest absolute Gasteiger partial charge is 0.0557 e. The Hall–Kier alpha value is 0.932. The molecular formula is HAlClO4P-3. The van der Waals surface area contributed by atoms with Crippen molar-refractivity contribution in [1.29, 1.82) is 0 Å². The first kappa shape index (κ1) is 15.7. The topological polar surface area (TPSA) is 83.4 Å². The minimum Gasteiger partial charge on any atom is -1.00 e. The van der Waals surface area contributed by atoms with Crippen molar-refractivity contribution in [3.8, 4) is 0 Å². The lowest BCUT2D eigenvalue weighted by Gasteiger charge is -2.19. The Balaban J connectivity index is -0.0000000800. The van der Waals surface area contributed by atoms with Crippen molar-refractivity contribution in [3.63, 3.8) is 0 Å². The highest BCUT2D eigenvalue weighted by Crippen LogP contribution is 2.11. The molecule has 0 fully saturated rings. The Morgan fingerprint density at radius 1 is 1.43 bits per heavy atom. The van der Waals surface area contributed by atoms with Gasteiger partial charge in [0.25, 0.3) is 0 Å². The molecule has 0 aliphatic heterocycles. The molecule has 7 heavy (non-hydrogen) atoms. The van der Waals surface area contributed by atoms with E-state index >= 15 is 0 Å². The maximum atomic E-state index is 8.66. The first-order valence-electron chi connectivity index (χ1n) is 0.748. The van der Waals surface area contributed by atoms with Gasteiger partial charge in [-0.3, -0.25) is 0 Å². The molecule has 0 atom stereocenters. The predicted molar refractivity (Wildman–Crippen MR) is 15.6 cm³/mol. The van der Waals surface area contributed by atoms with Crippen LogP contribution in [0.3, 0.4) is 0 Å². The van der Waals surface area contributed by atoms with E-state index in [1.54, 1.807) is 0 Å². The summed E-state index contributed by atoms with van der Waals surface area (Å²) >= 11 is 0. The molecule has 3 radical (unpaired) electrons. The van der Waals surface area contributed by atoms with Crippen LogP contribution >= 0.6 is 7.82 Å². The lowest BCUT2D eigenvalue weighted by molar-refractivity contribution is -0.337. The first-order valence-corrected chi connectivity index (χ1v) is 2.24. The van der Waals surface area contributed by atoms with E-state index < -0.39 is 7.82 Å². The van der Waals surface area contributed by atoms with Crippen LogP contribution in [-0.4, -0.2) is 22.3 Å². The molecule has 0 aliphatic carbocycles. The Labute approximate surface area is 57.3 Å². The summed E-state index contributed by atoms with van der Waals surface area (Å²) in [6, 6.07) is 0. The van der Waals surface area contributed by atoms with E-state index in [9.17, 15) is 0 Å². The molecule has 0 aromatic rings. The lowest BCUT2D eigenvalue weighted by Crippen LogP contribution is -3.00. The molecule has 0 aliphatic rings. The van der Waals surface area contributed by atoms with Crippen LogP contribution in [-0.2, 0) is 4.57 Å². The van der Waals surface area contributed by atoms with Crippen molar-refractivity contribution in [2.24, 2.45) is 0 Å².